The van der Waals surface area contributed by atoms with Gasteiger partial charge in [-0.2, -0.15) is 5.10 Å². The van der Waals surface area contributed by atoms with Crippen LogP contribution in [0.15, 0.2) is 41.2 Å². The fourth-order valence-electron chi connectivity index (χ4n) is 3.36. The highest BCUT2D eigenvalue weighted by molar-refractivity contribution is 5.92. The number of amides is 1. The van der Waals surface area contributed by atoms with Gasteiger partial charge < -0.3 is 4.90 Å². The first-order valence-corrected chi connectivity index (χ1v) is 8.67. The minimum atomic E-state index is -0.252. The van der Waals surface area contributed by atoms with E-state index in [1.54, 1.807) is 4.90 Å². The molecular formula is C18H20N6O2. The molecule has 3 aromatic rings. The minimum absolute atomic E-state index is 0.112. The van der Waals surface area contributed by atoms with Crippen LogP contribution in [0.1, 0.15) is 40.9 Å². The molecule has 8 nitrogen and oxygen atoms in total. The van der Waals surface area contributed by atoms with Crippen molar-refractivity contribution in [3.8, 4) is 5.69 Å². The molecule has 1 atom stereocenters. The summed E-state index contributed by atoms with van der Waals surface area (Å²) in [6.07, 6.45) is 1.83. The fraction of sp³-hybridized carbons (Fsp3) is 0.333. The summed E-state index contributed by atoms with van der Waals surface area (Å²) in [4.78, 5) is 31.3. The lowest BCUT2D eigenvalue weighted by atomic mass is 9.97. The highest BCUT2D eigenvalue weighted by Gasteiger charge is 2.28. The third kappa shape index (κ3) is 3.05. The van der Waals surface area contributed by atoms with Gasteiger partial charge in [0.2, 0.25) is 0 Å². The van der Waals surface area contributed by atoms with Crippen LogP contribution < -0.4 is 5.56 Å². The first-order valence-electron chi connectivity index (χ1n) is 8.67. The Labute approximate surface area is 149 Å². The highest BCUT2D eigenvalue weighted by atomic mass is 16.2. The Morgan fingerprint density at radius 2 is 2.08 bits per heavy atom. The number of piperidine rings is 1. The van der Waals surface area contributed by atoms with E-state index in [1.165, 1.54) is 10.7 Å². The molecule has 0 spiro atoms. The van der Waals surface area contributed by atoms with Crippen LogP contribution in [0.25, 0.3) is 5.69 Å². The van der Waals surface area contributed by atoms with Crippen molar-refractivity contribution in [1.82, 2.24) is 29.9 Å². The number of H-pyrrole nitrogens is 2. The normalized spacial score (nSPS) is 17.4. The van der Waals surface area contributed by atoms with Crippen molar-refractivity contribution in [3.63, 3.8) is 0 Å². The molecule has 1 aliphatic rings. The Hall–Kier alpha value is -3.16. The molecule has 0 unspecified atom stereocenters. The van der Waals surface area contributed by atoms with Crippen LogP contribution in [0.5, 0.6) is 0 Å². The van der Waals surface area contributed by atoms with E-state index in [2.05, 4.69) is 20.3 Å². The number of likely N-dealkylation sites (tertiary alicyclic amines) is 1. The molecule has 8 heteroatoms. The molecule has 0 radical (unpaired) electrons. The number of carbonyl (C=O) groups excluding carboxylic acids is 1. The number of carbonyl (C=O) groups is 1. The minimum Gasteiger partial charge on any atom is -0.337 e. The number of aryl methyl sites for hydroxylation is 1. The van der Waals surface area contributed by atoms with Crippen LogP contribution in [0, 0.1) is 6.92 Å². The first-order chi connectivity index (χ1) is 12.6. The largest absolute Gasteiger partial charge is 0.337 e. The SMILES string of the molecule is Cc1nc([C@@H]2CCCN(C(=O)c3cc(=O)n(-c4ccccc4)[nH]3)C2)n[nH]1. The van der Waals surface area contributed by atoms with Crippen molar-refractivity contribution in [3.05, 3.63) is 64.1 Å². The van der Waals surface area contributed by atoms with E-state index < -0.39 is 0 Å². The van der Waals surface area contributed by atoms with Gasteiger partial charge in [0.05, 0.1) is 5.69 Å². The summed E-state index contributed by atoms with van der Waals surface area (Å²) in [5, 5.41) is 10.0. The number of hydrogen-bond donors (Lipinski definition) is 2. The predicted molar refractivity (Wildman–Crippen MR) is 95.4 cm³/mol. The summed E-state index contributed by atoms with van der Waals surface area (Å²) in [5.74, 6) is 1.46. The first kappa shape index (κ1) is 16.3. The monoisotopic (exact) mass is 352 g/mol. The van der Waals surface area contributed by atoms with Gasteiger partial charge in [-0.15, -0.1) is 0 Å². The van der Waals surface area contributed by atoms with Crippen molar-refractivity contribution in [2.75, 3.05) is 13.1 Å². The van der Waals surface area contributed by atoms with Crippen molar-refractivity contribution in [2.24, 2.45) is 0 Å². The van der Waals surface area contributed by atoms with Crippen LogP contribution in [0.2, 0.25) is 0 Å². The van der Waals surface area contributed by atoms with Crippen LogP contribution in [-0.4, -0.2) is 48.9 Å². The number of nitrogens with zero attached hydrogens (tertiary/aromatic N) is 4. The second-order valence-electron chi connectivity index (χ2n) is 6.55. The van der Waals surface area contributed by atoms with Crippen LogP contribution in [0.4, 0.5) is 0 Å². The topological polar surface area (TPSA) is 99.7 Å². The van der Waals surface area contributed by atoms with Crippen molar-refractivity contribution in [1.29, 1.82) is 0 Å². The molecule has 0 aliphatic carbocycles. The summed E-state index contributed by atoms with van der Waals surface area (Å²) in [7, 11) is 0. The lowest BCUT2D eigenvalue weighted by molar-refractivity contribution is 0.0698. The summed E-state index contributed by atoms with van der Waals surface area (Å²) < 4.78 is 1.38. The molecule has 1 fully saturated rings. The van der Waals surface area contributed by atoms with E-state index in [-0.39, 0.29) is 17.4 Å². The van der Waals surface area contributed by atoms with Gasteiger partial charge in [-0.3, -0.25) is 19.8 Å². The van der Waals surface area contributed by atoms with E-state index in [0.29, 0.717) is 24.5 Å². The fourth-order valence-corrected chi connectivity index (χ4v) is 3.36. The molecule has 0 bridgehead atoms. The van der Waals surface area contributed by atoms with Gasteiger partial charge in [-0.25, -0.2) is 9.67 Å². The molecule has 0 saturated carbocycles. The van der Waals surface area contributed by atoms with Gasteiger partial charge in [0.15, 0.2) is 5.82 Å². The van der Waals surface area contributed by atoms with E-state index in [9.17, 15) is 9.59 Å². The third-order valence-corrected chi connectivity index (χ3v) is 4.65. The lowest BCUT2D eigenvalue weighted by Crippen LogP contribution is -2.39. The van der Waals surface area contributed by atoms with Gasteiger partial charge in [0, 0.05) is 25.1 Å². The highest BCUT2D eigenvalue weighted by Crippen LogP contribution is 2.25. The average Bonchev–Trinajstić information content (AvgIpc) is 3.28. The number of aromatic nitrogens is 5. The molecule has 134 valence electrons. The Morgan fingerprint density at radius 3 is 2.81 bits per heavy atom. The summed E-state index contributed by atoms with van der Waals surface area (Å²) in [6, 6.07) is 10.6. The third-order valence-electron chi connectivity index (χ3n) is 4.65. The zero-order chi connectivity index (χ0) is 18.1. The lowest BCUT2D eigenvalue weighted by Gasteiger charge is -2.31. The van der Waals surface area contributed by atoms with Crippen LogP contribution in [-0.2, 0) is 0 Å². The molecule has 2 N–H and O–H groups in total. The number of para-hydroxylation sites is 1. The predicted octanol–water partition coefficient (Wildman–Crippen LogP) is 1.61. The Morgan fingerprint density at radius 1 is 1.27 bits per heavy atom. The van der Waals surface area contributed by atoms with E-state index >= 15 is 0 Å². The number of hydrogen-bond acceptors (Lipinski definition) is 4. The zero-order valence-electron chi connectivity index (χ0n) is 14.5. The average molecular weight is 352 g/mol. The van der Waals surface area contributed by atoms with Gasteiger partial charge in [0.1, 0.15) is 11.5 Å². The second kappa shape index (κ2) is 6.62. The molecule has 26 heavy (non-hydrogen) atoms. The quantitative estimate of drug-likeness (QED) is 0.748. The molecule has 1 saturated heterocycles. The van der Waals surface area contributed by atoms with E-state index in [1.807, 2.05) is 37.3 Å². The van der Waals surface area contributed by atoms with E-state index in [0.717, 1.165) is 24.5 Å². The number of nitrogens with one attached hydrogen (secondary N) is 2. The Bertz CT molecular complexity index is 971. The molecule has 1 aromatic carbocycles. The standard InChI is InChI=1S/C18H20N6O2/c1-12-19-17(21-20-12)13-6-5-9-23(11-13)18(26)15-10-16(25)24(22-15)14-7-3-2-4-8-14/h2-4,7-8,10,13,22H,5-6,9,11H2,1H3,(H,19,20,21)/t13-/m1/s1. The van der Waals surface area contributed by atoms with Crippen molar-refractivity contribution >= 4 is 5.91 Å². The van der Waals surface area contributed by atoms with Crippen LogP contribution in [0.3, 0.4) is 0 Å². The molecule has 2 aromatic heterocycles. The number of benzene rings is 1. The smallest absolute Gasteiger partial charge is 0.271 e. The maximum absolute atomic E-state index is 12.9. The van der Waals surface area contributed by atoms with Gasteiger partial charge >= 0.3 is 0 Å². The molecule has 1 aliphatic heterocycles. The molecular weight excluding hydrogens is 332 g/mol. The summed E-state index contributed by atoms with van der Waals surface area (Å²) >= 11 is 0. The van der Waals surface area contributed by atoms with E-state index in [4.69, 9.17) is 0 Å². The Kier molecular flexibility index (Phi) is 4.16. The molecule has 3 heterocycles. The van der Waals surface area contributed by atoms with Gasteiger partial charge in [0.25, 0.3) is 11.5 Å². The van der Waals surface area contributed by atoms with Gasteiger partial charge in [-0.1, -0.05) is 18.2 Å². The summed E-state index contributed by atoms with van der Waals surface area (Å²) in [5.41, 5.74) is 0.743. The Balaban J connectivity index is 1.55. The van der Waals surface area contributed by atoms with Crippen molar-refractivity contribution in [2.45, 2.75) is 25.7 Å². The number of aromatic amines is 2. The molecule has 1 amide bonds. The molecule has 4 rings (SSSR count). The van der Waals surface area contributed by atoms with Crippen molar-refractivity contribution < 1.29 is 4.79 Å². The zero-order valence-corrected chi connectivity index (χ0v) is 14.5. The van der Waals surface area contributed by atoms with Crippen LogP contribution >= 0.6 is 0 Å². The van der Waals surface area contributed by atoms with Gasteiger partial charge in [-0.05, 0) is 31.9 Å². The maximum Gasteiger partial charge on any atom is 0.271 e. The summed E-state index contributed by atoms with van der Waals surface area (Å²) in [6.45, 7) is 3.07. The number of rotatable bonds is 3. The maximum atomic E-state index is 12.9. The second-order valence-corrected chi connectivity index (χ2v) is 6.55.